The van der Waals surface area contributed by atoms with E-state index < -0.39 is 15.9 Å². The normalized spacial score (nSPS) is 18.0. The lowest BCUT2D eigenvalue weighted by atomic mass is 9.98. The number of carbonyl (C=O) groups is 1. The van der Waals surface area contributed by atoms with Gasteiger partial charge < -0.3 is 5.32 Å². The van der Waals surface area contributed by atoms with Gasteiger partial charge in [-0.1, -0.05) is 11.6 Å². The number of nitriles is 1. The zero-order valence-corrected chi connectivity index (χ0v) is 17.0. The maximum atomic E-state index is 12.8. The number of nitrogens with one attached hydrogen (secondary N) is 1. The molecule has 1 aromatic heterocycles. The Morgan fingerprint density at radius 3 is 2.78 bits per heavy atom. The van der Waals surface area contributed by atoms with Gasteiger partial charge in [0.2, 0.25) is 5.91 Å². The smallest absolute Gasteiger partial charge is 0.252 e. The minimum Gasteiger partial charge on any atom is -0.326 e. The fourth-order valence-electron chi connectivity index (χ4n) is 2.98. The molecule has 1 atom stereocenters. The van der Waals surface area contributed by atoms with E-state index >= 15 is 0 Å². The second-order valence-corrected chi connectivity index (χ2v) is 10.2. The third-order valence-corrected chi connectivity index (χ3v) is 8.07. The van der Waals surface area contributed by atoms with Gasteiger partial charge in [0.25, 0.3) is 10.0 Å². The first-order chi connectivity index (χ1) is 12.8. The van der Waals surface area contributed by atoms with Crippen LogP contribution >= 0.6 is 22.9 Å². The molecule has 0 aliphatic carbocycles. The monoisotopic (exact) mass is 423 g/mol. The minimum atomic E-state index is -3.58. The van der Waals surface area contributed by atoms with Gasteiger partial charge in [-0.2, -0.15) is 9.57 Å². The molecule has 6 nitrogen and oxygen atoms in total. The Hall–Kier alpha value is -1.92. The summed E-state index contributed by atoms with van der Waals surface area (Å²) in [6.07, 6.45) is 1.24. The molecule has 1 aliphatic rings. The molecule has 2 heterocycles. The topological polar surface area (TPSA) is 90.3 Å². The van der Waals surface area contributed by atoms with Gasteiger partial charge in [-0.3, -0.25) is 4.79 Å². The Kier molecular flexibility index (Phi) is 5.86. The maximum Gasteiger partial charge on any atom is 0.252 e. The summed E-state index contributed by atoms with van der Waals surface area (Å²) in [6, 6.07) is 10.0. The van der Waals surface area contributed by atoms with Gasteiger partial charge in [0.15, 0.2) is 0 Å². The first-order valence-corrected chi connectivity index (χ1v) is 11.0. The molecule has 0 radical (unpaired) electrons. The van der Waals surface area contributed by atoms with Gasteiger partial charge in [-0.05, 0) is 50.1 Å². The summed E-state index contributed by atoms with van der Waals surface area (Å²) in [5.74, 6) is -0.693. The van der Waals surface area contributed by atoms with E-state index in [4.69, 9.17) is 16.9 Å². The van der Waals surface area contributed by atoms with Crippen molar-refractivity contribution in [2.75, 3.05) is 18.4 Å². The van der Waals surface area contributed by atoms with Crippen molar-refractivity contribution in [3.05, 3.63) is 45.8 Å². The van der Waals surface area contributed by atoms with Crippen molar-refractivity contribution in [2.24, 2.45) is 5.92 Å². The molecular formula is C18H18ClN3O3S2. The van der Waals surface area contributed by atoms with Crippen molar-refractivity contribution in [3.8, 4) is 6.07 Å². The molecule has 27 heavy (non-hydrogen) atoms. The lowest BCUT2D eigenvalue weighted by molar-refractivity contribution is -0.120. The Morgan fingerprint density at radius 2 is 2.15 bits per heavy atom. The number of amides is 1. The Morgan fingerprint density at radius 1 is 1.37 bits per heavy atom. The van der Waals surface area contributed by atoms with E-state index in [2.05, 4.69) is 5.32 Å². The Balaban J connectivity index is 1.71. The molecule has 1 unspecified atom stereocenters. The second-order valence-electron chi connectivity index (χ2n) is 6.36. The van der Waals surface area contributed by atoms with E-state index in [1.807, 2.05) is 13.0 Å². The first-order valence-electron chi connectivity index (χ1n) is 8.38. The van der Waals surface area contributed by atoms with Crippen LogP contribution in [0.4, 0.5) is 5.69 Å². The van der Waals surface area contributed by atoms with Crippen LogP contribution < -0.4 is 5.32 Å². The molecule has 0 saturated carbocycles. The fourth-order valence-corrected chi connectivity index (χ4v) is 6.16. The Bertz CT molecular complexity index is 1010. The van der Waals surface area contributed by atoms with Gasteiger partial charge in [0, 0.05) is 23.7 Å². The molecule has 1 aliphatic heterocycles. The summed E-state index contributed by atoms with van der Waals surface area (Å²) in [7, 11) is -3.58. The average Bonchev–Trinajstić information content (AvgIpc) is 3.09. The molecule has 3 rings (SSSR count). The maximum absolute atomic E-state index is 12.8. The van der Waals surface area contributed by atoms with Crippen LogP contribution in [-0.2, 0) is 14.8 Å². The van der Waals surface area contributed by atoms with Gasteiger partial charge >= 0.3 is 0 Å². The van der Waals surface area contributed by atoms with Gasteiger partial charge in [-0.25, -0.2) is 8.42 Å². The van der Waals surface area contributed by atoms with E-state index in [9.17, 15) is 13.2 Å². The largest absolute Gasteiger partial charge is 0.326 e. The van der Waals surface area contributed by atoms with Crippen molar-refractivity contribution >= 4 is 44.6 Å². The average molecular weight is 424 g/mol. The van der Waals surface area contributed by atoms with Crippen LogP contribution in [0, 0.1) is 24.2 Å². The summed E-state index contributed by atoms with van der Waals surface area (Å²) in [6.45, 7) is 2.42. The summed E-state index contributed by atoms with van der Waals surface area (Å²) >= 11 is 7.23. The van der Waals surface area contributed by atoms with Crippen molar-refractivity contribution < 1.29 is 13.2 Å². The highest BCUT2D eigenvalue weighted by molar-refractivity contribution is 7.91. The van der Waals surface area contributed by atoms with Gasteiger partial charge in [-0.15, -0.1) is 11.3 Å². The van der Waals surface area contributed by atoms with Gasteiger partial charge in [0.05, 0.1) is 16.5 Å². The van der Waals surface area contributed by atoms with E-state index in [-0.39, 0.29) is 17.5 Å². The summed E-state index contributed by atoms with van der Waals surface area (Å²) in [5.41, 5.74) is 0.814. The number of hydrogen-bond acceptors (Lipinski definition) is 5. The van der Waals surface area contributed by atoms with E-state index in [0.717, 1.165) is 4.88 Å². The number of anilines is 1. The molecule has 142 valence electrons. The molecule has 9 heteroatoms. The molecule has 2 aromatic rings. The summed E-state index contributed by atoms with van der Waals surface area (Å²) < 4.78 is 27.3. The third kappa shape index (κ3) is 4.33. The lowest BCUT2D eigenvalue weighted by Gasteiger charge is -2.30. The number of aryl methyl sites for hydroxylation is 1. The zero-order valence-electron chi connectivity index (χ0n) is 14.6. The molecule has 1 fully saturated rings. The number of thiophene rings is 1. The van der Waals surface area contributed by atoms with Crippen molar-refractivity contribution in [1.82, 2.24) is 4.31 Å². The number of nitrogens with zero attached hydrogens (tertiary/aromatic N) is 2. The number of sulfonamides is 1. The second kappa shape index (κ2) is 7.98. The number of hydrogen-bond donors (Lipinski definition) is 1. The SMILES string of the molecule is Cc1ccc(S(=O)(=O)N2CCCC(C(=O)Nc3ccc(C#N)c(Cl)c3)C2)s1. The standard InChI is InChI=1S/C18H18ClN3O3S2/c1-12-4-7-17(26-12)27(24,25)22-8-2-3-14(11-22)18(23)21-15-6-5-13(10-20)16(19)9-15/h4-7,9,14H,2-3,8,11H2,1H3,(H,21,23). The number of benzene rings is 1. The first kappa shape index (κ1) is 19.8. The quantitative estimate of drug-likeness (QED) is 0.813. The molecule has 0 bridgehead atoms. The number of piperidine rings is 1. The number of halogens is 1. The third-order valence-electron chi connectivity index (χ3n) is 4.42. The summed E-state index contributed by atoms with van der Waals surface area (Å²) in [5, 5.41) is 11.9. The van der Waals surface area contributed by atoms with E-state index in [0.29, 0.717) is 34.8 Å². The van der Waals surface area contributed by atoms with Gasteiger partial charge in [0.1, 0.15) is 10.3 Å². The molecule has 1 amide bonds. The number of carbonyl (C=O) groups excluding carboxylic acids is 1. The van der Waals surface area contributed by atoms with Crippen molar-refractivity contribution in [3.63, 3.8) is 0 Å². The van der Waals surface area contributed by atoms with Crippen LogP contribution in [0.25, 0.3) is 0 Å². The van der Waals surface area contributed by atoms with Crippen molar-refractivity contribution in [1.29, 1.82) is 5.26 Å². The molecular weight excluding hydrogens is 406 g/mol. The summed E-state index contributed by atoms with van der Waals surface area (Å²) in [4.78, 5) is 13.5. The fraction of sp³-hybridized carbons (Fsp3) is 0.333. The predicted molar refractivity (Wildman–Crippen MR) is 105 cm³/mol. The molecule has 1 saturated heterocycles. The van der Waals surface area contributed by atoms with Crippen LogP contribution in [0.3, 0.4) is 0 Å². The minimum absolute atomic E-state index is 0.148. The number of rotatable bonds is 4. The van der Waals surface area contributed by atoms with Crippen LogP contribution in [0.5, 0.6) is 0 Å². The molecule has 1 N–H and O–H groups in total. The molecule has 0 spiro atoms. The highest BCUT2D eigenvalue weighted by Gasteiger charge is 2.34. The van der Waals surface area contributed by atoms with Crippen LogP contribution in [-0.4, -0.2) is 31.7 Å². The van der Waals surface area contributed by atoms with Crippen LogP contribution in [0.2, 0.25) is 5.02 Å². The van der Waals surface area contributed by atoms with Crippen LogP contribution in [0.15, 0.2) is 34.5 Å². The Labute approximate surface area is 167 Å². The van der Waals surface area contributed by atoms with Crippen molar-refractivity contribution in [2.45, 2.75) is 24.0 Å². The van der Waals surface area contributed by atoms with E-state index in [1.165, 1.54) is 27.8 Å². The predicted octanol–water partition coefficient (Wildman–Crippen LogP) is 3.62. The zero-order chi connectivity index (χ0) is 19.6. The highest BCUT2D eigenvalue weighted by atomic mass is 35.5. The lowest BCUT2D eigenvalue weighted by Crippen LogP contribution is -2.43. The highest BCUT2D eigenvalue weighted by Crippen LogP contribution is 2.29. The van der Waals surface area contributed by atoms with Crippen LogP contribution in [0.1, 0.15) is 23.3 Å². The molecule has 1 aromatic carbocycles. The van der Waals surface area contributed by atoms with E-state index in [1.54, 1.807) is 18.2 Å².